The summed E-state index contributed by atoms with van der Waals surface area (Å²) < 4.78 is 0. The molecule has 0 spiro atoms. The Balaban J connectivity index is 1.83. The first-order valence-corrected chi connectivity index (χ1v) is 18.1. The van der Waals surface area contributed by atoms with Crippen molar-refractivity contribution in [1.82, 2.24) is 15.3 Å². The van der Waals surface area contributed by atoms with Crippen LogP contribution in [0.2, 0.25) is 0 Å². The first-order valence-electron chi connectivity index (χ1n) is 18.1. The zero-order valence-electron chi connectivity index (χ0n) is 30.8. The van der Waals surface area contributed by atoms with Gasteiger partial charge in [0.25, 0.3) is 5.91 Å². The maximum atomic E-state index is 14.2. The molecule has 3 aliphatic rings. The summed E-state index contributed by atoms with van der Waals surface area (Å²) in [6.45, 7) is 15.8. The third-order valence-electron chi connectivity index (χ3n) is 10.9. The van der Waals surface area contributed by atoms with Crippen LogP contribution in [0.5, 0.6) is 0 Å². The Labute approximate surface area is 302 Å². The highest BCUT2D eigenvalue weighted by atomic mass is 16.4. The van der Waals surface area contributed by atoms with Crippen LogP contribution in [-0.4, -0.2) is 72.6 Å². The van der Waals surface area contributed by atoms with Gasteiger partial charge >= 0.3 is 17.9 Å². The second kappa shape index (κ2) is 15.5. The van der Waals surface area contributed by atoms with Gasteiger partial charge in [-0.25, -0.2) is 14.6 Å². The Kier molecular flexibility index (Phi) is 11.4. The number of nitrogens with zero attached hydrogens (tertiary/aromatic N) is 2. The largest absolute Gasteiger partial charge is 0.481 e. The van der Waals surface area contributed by atoms with E-state index < -0.39 is 41.8 Å². The molecule has 2 aromatic heterocycles. The summed E-state index contributed by atoms with van der Waals surface area (Å²) >= 11 is 0. The smallest absolute Gasteiger partial charge is 0.339 e. The summed E-state index contributed by atoms with van der Waals surface area (Å²) in [7, 11) is 0. The molecule has 4 atom stereocenters. The molecule has 12 nitrogen and oxygen atoms in total. The van der Waals surface area contributed by atoms with E-state index in [1.807, 2.05) is 46.8 Å². The fraction of sp³-hybridized carbons (Fsp3) is 0.450. The van der Waals surface area contributed by atoms with E-state index >= 15 is 0 Å². The fourth-order valence-corrected chi connectivity index (χ4v) is 7.81. The molecule has 0 aromatic carbocycles. The Morgan fingerprint density at radius 1 is 1.02 bits per heavy atom. The molecular weight excluding hydrogens is 662 g/mol. The monoisotopic (exact) mass is 711 g/mol. The third-order valence-corrected chi connectivity index (χ3v) is 10.9. The highest BCUT2D eigenvalue weighted by Gasteiger charge is 2.43. The molecule has 2 aromatic rings. The molecule has 2 unspecified atom stereocenters. The number of aliphatic imine (C=N–C) groups is 2. The number of allylic oxidation sites excluding steroid dienone is 1. The van der Waals surface area contributed by atoms with E-state index in [-0.39, 0.29) is 47.7 Å². The van der Waals surface area contributed by atoms with Gasteiger partial charge in [0.2, 0.25) is 0 Å². The standard InChI is InChI=1S/C40H49N5O7/c1-8-11-12-13-26(39(49)50)45-38(48)34-22(7)30-18-32-24(10-3)20(5)28(42-32)17-31-23(9-2)19(4)27(41-31)16-29-21(6)25(14-15-33(46)47)36(43-29)35(40(51)52)37(34)44-30/h9,17-18,21,25-26,29,41-42H,2,8,10-16H2,1,3-7H3,(H,45,48)(H,46,47)(H,49,50)(H,51,52)/b28-17-,32-18-,37-35+/t21-,25-,26?,29?/m0/s1. The Morgan fingerprint density at radius 3 is 2.37 bits per heavy atom. The van der Waals surface area contributed by atoms with Crippen molar-refractivity contribution in [2.45, 2.75) is 105 Å². The highest BCUT2D eigenvalue weighted by Crippen LogP contribution is 2.40. The molecule has 0 radical (unpaired) electrons. The zero-order chi connectivity index (χ0) is 38.0. The Bertz CT molecular complexity index is 2090. The maximum Gasteiger partial charge on any atom is 0.339 e. The number of fused-ring (bicyclic) bond motifs is 6. The number of hydrogen-bond acceptors (Lipinski definition) is 6. The number of carboxylic acids is 3. The van der Waals surface area contributed by atoms with Crippen molar-refractivity contribution in [2.24, 2.45) is 21.8 Å². The molecular formula is C40H49N5O7. The number of aromatic amines is 2. The summed E-state index contributed by atoms with van der Waals surface area (Å²) in [6.07, 6.45) is 9.14. The summed E-state index contributed by atoms with van der Waals surface area (Å²) in [4.78, 5) is 68.6. The molecule has 5 rings (SSSR count). The van der Waals surface area contributed by atoms with Crippen LogP contribution in [0.3, 0.4) is 0 Å². The highest BCUT2D eigenvalue weighted by molar-refractivity contribution is 6.30. The lowest BCUT2D eigenvalue weighted by molar-refractivity contribution is -0.141. The lowest BCUT2D eigenvalue weighted by Crippen LogP contribution is -2.42. The van der Waals surface area contributed by atoms with Gasteiger partial charge in [-0.05, 0) is 80.4 Å². The number of unbranched alkanes of at least 4 members (excludes halogenated alkanes) is 2. The molecule has 276 valence electrons. The number of amides is 1. The van der Waals surface area contributed by atoms with Crippen molar-refractivity contribution >= 4 is 53.5 Å². The second-order valence-corrected chi connectivity index (χ2v) is 14.0. The van der Waals surface area contributed by atoms with E-state index in [1.54, 1.807) is 13.0 Å². The van der Waals surface area contributed by atoms with Crippen LogP contribution >= 0.6 is 0 Å². The molecule has 0 aliphatic carbocycles. The summed E-state index contributed by atoms with van der Waals surface area (Å²) in [5.41, 5.74) is 6.20. The fourth-order valence-electron chi connectivity index (χ4n) is 7.81. The van der Waals surface area contributed by atoms with E-state index in [1.165, 1.54) is 0 Å². The molecule has 8 bridgehead atoms. The molecule has 52 heavy (non-hydrogen) atoms. The Hall–Kier alpha value is -5.26. The average molecular weight is 712 g/mol. The number of rotatable bonds is 13. The van der Waals surface area contributed by atoms with Gasteiger partial charge in [-0.2, -0.15) is 0 Å². The summed E-state index contributed by atoms with van der Waals surface area (Å²) in [5, 5.41) is 34.9. The van der Waals surface area contributed by atoms with Crippen LogP contribution in [0.4, 0.5) is 0 Å². The second-order valence-electron chi connectivity index (χ2n) is 14.0. The van der Waals surface area contributed by atoms with E-state index in [0.717, 1.165) is 57.2 Å². The molecule has 5 heterocycles. The van der Waals surface area contributed by atoms with Gasteiger partial charge in [-0.1, -0.05) is 52.7 Å². The van der Waals surface area contributed by atoms with Crippen molar-refractivity contribution in [3.05, 3.63) is 73.3 Å². The third kappa shape index (κ3) is 7.24. The number of aromatic nitrogens is 2. The number of carboxylic acid groups (broad SMARTS) is 3. The van der Waals surface area contributed by atoms with Gasteiger partial charge in [0.15, 0.2) is 0 Å². The number of nitrogens with one attached hydrogen (secondary N) is 3. The van der Waals surface area contributed by atoms with Crippen LogP contribution in [-0.2, 0) is 32.0 Å². The molecule has 0 saturated heterocycles. The number of H-pyrrole nitrogens is 2. The van der Waals surface area contributed by atoms with Crippen molar-refractivity contribution in [1.29, 1.82) is 0 Å². The van der Waals surface area contributed by atoms with E-state index in [2.05, 4.69) is 21.9 Å². The van der Waals surface area contributed by atoms with Crippen molar-refractivity contribution < 1.29 is 34.5 Å². The molecule has 3 aliphatic heterocycles. The quantitative estimate of drug-likeness (QED) is 0.164. The topological polar surface area (TPSA) is 197 Å². The molecule has 0 saturated carbocycles. The molecule has 12 heteroatoms. The number of hydrogen-bond donors (Lipinski definition) is 6. The van der Waals surface area contributed by atoms with Gasteiger partial charge in [0.05, 0.1) is 28.7 Å². The van der Waals surface area contributed by atoms with Crippen LogP contribution in [0.15, 0.2) is 39.0 Å². The first kappa shape index (κ1) is 38.0. The minimum absolute atomic E-state index is 0.0429. The van der Waals surface area contributed by atoms with Gasteiger partial charge in [-0.3, -0.25) is 14.6 Å². The van der Waals surface area contributed by atoms with Gasteiger partial charge in [0.1, 0.15) is 11.6 Å². The van der Waals surface area contributed by atoms with Crippen molar-refractivity contribution in [2.75, 3.05) is 0 Å². The minimum Gasteiger partial charge on any atom is -0.481 e. The number of aliphatic carboxylic acids is 3. The normalized spacial score (nSPS) is 22.8. The van der Waals surface area contributed by atoms with Crippen LogP contribution in [0, 0.1) is 25.7 Å². The van der Waals surface area contributed by atoms with Crippen molar-refractivity contribution in [3.63, 3.8) is 0 Å². The van der Waals surface area contributed by atoms with Crippen LogP contribution in [0.25, 0.3) is 18.2 Å². The minimum atomic E-state index is -1.36. The van der Waals surface area contributed by atoms with Crippen molar-refractivity contribution in [3.8, 4) is 0 Å². The van der Waals surface area contributed by atoms with E-state index in [9.17, 15) is 34.5 Å². The predicted molar refractivity (Wildman–Crippen MR) is 201 cm³/mol. The summed E-state index contributed by atoms with van der Waals surface area (Å²) in [5.74, 6) is -5.13. The van der Waals surface area contributed by atoms with Gasteiger partial charge in [0, 0.05) is 46.4 Å². The van der Waals surface area contributed by atoms with E-state index in [4.69, 9.17) is 9.98 Å². The summed E-state index contributed by atoms with van der Waals surface area (Å²) in [6, 6.07) is -1.61. The van der Waals surface area contributed by atoms with E-state index in [0.29, 0.717) is 30.5 Å². The predicted octanol–water partition coefficient (Wildman–Crippen LogP) is 4.53. The maximum absolute atomic E-state index is 14.2. The molecule has 6 N–H and O–H groups in total. The first-order chi connectivity index (χ1) is 24.7. The molecule has 1 amide bonds. The van der Waals surface area contributed by atoms with Crippen LogP contribution < -0.4 is 16.0 Å². The Morgan fingerprint density at radius 2 is 1.75 bits per heavy atom. The zero-order valence-corrected chi connectivity index (χ0v) is 30.8. The lowest BCUT2D eigenvalue weighted by atomic mass is 9.80. The van der Waals surface area contributed by atoms with Crippen LogP contribution in [0.1, 0.15) is 99.9 Å². The molecule has 0 fully saturated rings. The average Bonchev–Trinajstić information content (AvgIpc) is 3.76. The number of carbonyl (C=O) groups is 4. The van der Waals surface area contributed by atoms with Gasteiger partial charge < -0.3 is 30.6 Å². The van der Waals surface area contributed by atoms with Gasteiger partial charge in [-0.15, -0.1) is 0 Å². The lowest BCUT2D eigenvalue weighted by Gasteiger charge is -2.22. The number of carbonyl (C=O) groups excluding carboxylic acids is 1. The SMILES string of the molecule is C=Cc1c2[nH]c(c1C)CC1N=C(/C(C(=O)O)=C3N=C(/C=c4\[nH]/c(c(C)c4CC)=C\2)C(C)=C\3C(=O)NC(CCCCC)C(=O)O)[C@@H](CCC(=O)O)[C@@H]1C.